The first-order chi connectivity index (χ1) is 10.2. The van der Waals surface area contributed by atoms with Crippen molar-refractivity contribution in [2.75, 3.05) is 33.4 Å². The number of amides is 1. The van der Waals surface area contributed by atoms with Crippen molar-refractivity contribution < 1.29 is 9.53 Å². The van der Waals surface area contributed by atoms with Gasteiger partial charge in [0.25, 0.3) is 0 Å². The molecule has 5 heteroatoms. The van der Waals surface area contributed by atoms with E-state index in [2.05, 4.69) is 10.6 Å². The molecule has 0 saturated carbocycles. The van der Waals surface area contributed by atoms with E-state index in [9.17, 15) is 4.79 Å². The number of halogens is 1. The zero-order valence-corrected chi connectivity index (χ0v) is 13.2. The largest absolute Gasteiger partial charge is 0.384 e. The number of ether oxygens (including phenoxy) is 1. The Kier molecular flexibility index (Phi) is 6.03. The Morgan fingerprint density at radius 1 is 1.38 bits per heavy atom. The van der Waals surface area contributed by atoms with Crippen LogP contribution >= 0.6 is 11.6 Å². The van der Waals surface area contributed by atoms with Crippen molar-refractivity contribution in [3.63, 3.8) is 0 Å². The second-order valence-electron chi connectivity index (χ2n) is 5.73. The smallest absolute Gasteiger partial charge is 0.224 e. The van der Waals surface area contributed by atoms with Crippen molar-refractivity contribution in [2.24, 2.45) is 5.41 Å². The highest BCUT2D eigenvalue weighted by atomic mass is 35.5. The van der Waals surface area contributed by atoms with Gasteiger partial charge in [-0.3, -0.25) is 4.79 Å². The van der Waals surface area contributed by atoms with Gasteiger partial charge in [0, 0.05) is 24.1 Å². The topological polar surface area (TPSA) is 50.4 Å². The fourth-order valence-corrected chi connectivity index (χ4v) is 3.00. The SMILES string of the molecule is COCC1(CNC(=O)Cc2ccccc2Cl)CCNCC1. The van der Waals surface area contributed by atoms with Crippen LogP contribution in [0.3, 0.4) is 0 Å². The van der Waals surface area contributed by atoms with Gasteiger partial charge in [-0.15, -0.1) is 0 Å². The van der Waals surface area contributed by atoms with Gasteiger partial charge in [-0.25, -0.2) is 0 Å². The molecule has 0 spiro atoms. The molecule has 1 fully saturated rings. The second-order valence-corrected chi connectivity index (χ2v) is 6.14. The lowest BCUT2D eigenvalue weighted by atomic mass is 9.79. The van der Waals surface area contributed by atoms with E-state index >= 15 is 0 Å². The Morgan fingerprint density at radius 2 is 2.10 bits per heavy atom. The minimum absolute atomic E-state index is 0.0112. The lowest BCUT2D eigenvalue weighted by Crippen LogP contribution is -2.47. The molecule has 0 bridgehead atoms. The number of carbonyl (C=O) groups excluding carboxylic acids is 1. The van der Waals surface area contributed by atoms with E-state index in [4.69, 9.17) is 16.3 Å². The van der Waals surface area contributed by atoms with Crippen molar-refractivity contribution in [1.82, 2.24) is 10.6 Å². The van der Waals surface area contributed by atoms with Crippen LogP contribution in [0.25, 0.3) is 0 Å². The van der Waals surface area contributed by atoms with Crippen LogP contribution in [-0.4, -0.2) is 39.3 Å². The van der Waals surface area contributed by atoms with E-state index in [1.54, 1.807) is 7.11 Å². The number of hydrogen-bond donors (Lipinski definition) is 2. The molecule has 2 rings (SSSR count). The maximum Gasteiger partial charge on any atom is 0.224 e. The van der Waals surface area contributed by atoms with Gasteiger partial charge in [-0.2, -0.15) is 0 Å². The van der Waals surface area contributed by atoms with Gasteiger partial charge in [0.15, 0.2) is 0 Å². The van der Waals surface area contributed by atoms with Crippen molar-refractivity contribution in [3.8, 4) is 0 Å². The van der Waals surface area contributed by atoms with Crippen LogP contribution in [0.2, 0.25) is 5.02 Å². The zero-order chi connectivity index (χ0) is 15.1. The highest BCUT2D eigenvalue weighted by molar-refractivity contribution is 6.31. The van der Waals surface area contributed by atoms with Crippen molar-refractivity contribution in [2.45, 2.75) is 19.3 Å². The van der Waals surface area contributed by atoms with Gasteiger partial charge in [-0.05, 0) is 37.6 Å². The zero-order valence-electron chi connectivity index (χ0n) is 12.5. The summed E-state index contributed by atoms with van der Waals surface area (Å²) in [4.78, 5) is 12.1. The van der Waals surface area contributed by atoms with Gasteiger partial charge in [0.05, 0.1) is 13.0 Å². The molecule has 1 amide bonds. The number of nitrogens with one attached hydrogen (secondary N) is 2. The molecule has 1 aromatic rings. The van der Waals surface area contributed by atoms with Crippen LogP contribution in [0.5, 0.6) is 0 Å². The summed E-state index contributed by atoms with van der Waals surface area (Å²) >= 11 is 6.09. The molecule has 4 nitrogen and oxygen atoms in total. The maximum atomic E-state index is 12.1. The average molecular weight is 311 g/mol. The predicted octanol–water partition coefficient (Wildman–Crippen LogP) is 2.01. The van der Waals surface area contributed by atoms with E-state index in [0.717, 1.165) is 31.5 Å². The average Bonchev–Trinajstić information content (AvgIpc) is 2.49. The summed E-state index contributed by atoms with van der Waals surface area (Å²) in [7, 11) is 1.72. The van der Waals surface area contributed by atoms with E-state index in [1.807, 2.05) is 24.3 Å². The Morgan fingerprint density at radius 3 is 2.76 bits per heavy atom. The summed E-state index contributed by atoms with van der Waals surface area (Å²) < 4.78 is 5.35. The van der Waals surface area contributed by atoms with Crippen LogP contribution < -0.4 is 10.6 Å². The molecular formula is C16H23ClN2O2. The van der Waals surface area contributed by atoms with E-state index in [1.165, 1.54) is 0 Å². The van der Waals surface area contributed by atoms with Gasteiger partial charge in [0.1, 0.15) is 0 Å². The highest BCUT2D eigenvalue weighted by Crippen LogP contribution is 2.28. The van der Waals surface area contributed by atoms with Crippen molar-refractivity contribution >= 4 is 17.5 Å². The summed E-state index contributed by atoms with van der Waals surface area (Å²) in [5, 5.41) is 7.04. The first-order valence-corrected chi connectivity index (χ1v) is 7.73. The molecule has 0 radical (unpaired) electrons. The molecule has 116 valence electrons. The molecule has 0 unspecified atom stereocenters. The summed E-state index contributed by atoms with van der Waals surface area (Å²) in [6.07, 6.45) is 2.36. The Bertz CT molecular complexity index is 468. The molecule has 21 heavy (non-hydrogen) atoms. The lowest BCUT2D eigenvalue weighted by Gasteiger charge is -2.37. The predicted molar refractivity (Wildman–Crippen MR) is 84.6 cm³/mol. The molecule has 1 saturated heterocycles. The van der Waals surface area contributed by atoms with Gasteiger partial charge < -0.3 is 15.4 Å². The monoisotopic (exact) mass is 310 g/mol. The Hall–Kier alpha value is -1.10. The van der Waals surface area contributed by atoms with Crippen LogP contribution in [0.1, 0.15) is 18.4 Å². The number of benzene rings is 1. The Labute approximate surface area is 131 Å². The maximum absolute atomic E-state index is 12.1. The number of rotatable bonds is 6. The molecule has 0 atom stereocenters. The fourth-order valence-electron chi connectivity index (χ4n) is 2.80. The molecule has 2 N–H and O–H groups in total. The molecule has 1 aliphatic rings. The third-order valence-corrected chi connectivity index (χ3v) is 4.45. The van der Waals surface area contributed by atoms with Crippen molar-refractivity contribution in [1.29, 1.82) is 0 Å². The van der Waals surface area contributed by atoms with Crippen LogP contribution in [-0.2, 0) is 16.0 Å². The number of methoxy groups -OCH3 is 1. The first-order valence-electron chi connectivity index (χ1n) is 7.35. The van der Waals surface area contributed by atoms with E-state index in [0.29, 0.717) is 24.6 Å². The molecule has 0 aromatic heterocycles. The lowest BCUT2D eigenvalue weighted by molar-refractivity contribution is -0.121. The van der Waals surface area contributed by atoms with E-state index in [-0.39, 0.29) is 11.3 Å². The van der Waals surface area contributed by atoms with E-state index < -0.39 is 0 Å². The fraction of sp³-hybridized carbons (Fsp3) is 0.562. The molecule has 1 aromatic carbocycles. The molecular weight excluding hydrogens is 288 g/mol. The summed E-state index contributed by atoms with van der Waals surface area (Å²) in [6, 6.07) is 7.46. The summed E-state index contributed by atoms with van der Waals surface area (Å²) in [5.41, 5.74) is 0.915. The second kappa shape index (κ2) is 7.78. The molecule has 1 heterocycles. The minimum Gasteiger partial charge on any atom is -0.384 e. The van der Waals surface area contributed by atoms with Crippen LogP contribution in [0.4, 0.5) is 0 Å². The summed E-state index contributed by atoms with van der Waals surface area (Å²) in [5.74, 6) is 0.0112. The van der Waals surface area contributed by atoms with Gasteiger partial charge in [0.2, 0.25) is 5.91 Å². The normalized spacial score (nSPS) is 17.4. The Balaban J connectivity index is 1.88. The number of piperidine rings is 1. The van der Waals surface area contributed by atoms with Crippen LogP contribution in [0.15, 0.2) is 24.3 Å². The first kappa shape index (κ1) is 16.3. The third-order valence-electron chi connectivity index (χ3n) is 4.08. The highest BCUT2D eigenvalue weighted by Gasteiger charge is 2.32. The summed E-state index contributed by atoms with van der Waals surface area (Å²) in [6.45, 7) is 3.29. The molecule has 1 aliphatic heterocycles. The number of hydrogen-bond acceptors (Lipinski definition) is 3. The standard InChI is InChI=1S/C16H23ClN2O2/c1-21-12-16(6-8-18-9-7-16)11-19-15(20)10-13-4-2-3-5-14(13)17/h2-5,18H,6-12H2,1H3,(H,19,20). The van der Waals surface area contributed by atoms with Crippen molar-refractivity contribution in [3.05, 3.63) is 34.9 Å². The van der Waals surface area contributed by atoms with Gasteiger partial charge >= 0.3 is 0 Å². The van der Waals surface area contributed by atoms with Crippen LogP contribution in [0, 0.1) is 5.41 Å². The third kappa shape index (κ3) is 4.70. The quantitative estimate of drug-likeness (QED) is 0.845. The molecule has 0 aliphatic carbocycles. The van der Waals surface area contributed by atoms with Gasteiger partial charge in [-0.1, -0.05) is 29.8 Å². The minimum atomic E-state index is 0.0112. The number of carbonyl (C=O) groups is 1.